The molecule has 1 N–H and O–H groups in total. The summed E-state index contributed by atoms with van der Waals surface area (Å²) >= 11 is 0. The Labute approximate surface area is 243 Å². The minimum absolute atomic E-state index is 0.723. The number of allylic oxidation sites excluding steroid dienone is 2. The van der Waals surface area contributed by atoms with Gasteiger partial charge in [0.2, 0.25) is 0 Å². The van der Waals surface area contributed by atoms with Crippen LogP contribution in [0.15, 0.2) is 24.3 Å². The van der Waals surface area contributed by atoms with Gasteiger partial charge >= 0.3 is 0 Å². The maximum Gasteiger partial charge on any atom is -0.00262 e. The molecule has 0 fully saturated rings. The summed E-state index contributed by atoms with van der Waals surface area (Å²) in [5.41, 5.74) is 2.94. The predicted octanol–water partition coefficient (Wildman–Crippen LogP) is 13.0. The van der Waals surface area contributed by atoms with Gasteiger partial charge in [-0.25, -0.2) is 0 Å². The first kappa shape index (κ1) is 39.6. The molecule has 0 aliphatic heterocycles. The molecule has 0 aromatic carbocycles. The van der Waals surface area contributed by atoms with Crippen LogP contribution in [-0.2, 0) is 0 Å². The number of hydrogen-bond acceptors (Lipinski definition) is 1. The first-order valence-corrected chi connectivity index (χ1v) is 17.4. The van der Waals surface area contributed by atoms with Gasteiger partial charge in [-0.2, -0.15) is 0 Å². The van der Waals surface area contributed by atoms with E-state index in [0.29, 0.717) is 0 Å². The van der Waals surface area contributed by atoms with E-state index in [2.05, 4.69) is 53.1 Å². The van der Waals surface area contributed by atoms with Crippen LogP contribution >= 0.6 is 0 Å². The van der Waals surface area contributed by atoms with Crippen LogP contribution in [-0.4, -0.2) is 13.6 Å². The van der Waals surface area contributed by atoms with Gasteiger partial charge < -0.3 is 5.32 Å². The van der Waals surface area contributed by atoms with Crippen LogP contribution in [0.4, 0.5) is 0 Å². The zero-order valence-electron chi connectivity index (χ0n) is 27.7. The maximum atomic E-state index is 4.36. The molecule has 0 spiro atoms. The fourth-order valence-corrected chi connectivity index (χ4v) is 5.39. The normalized spacial score (nSPS) is 12.6. The summed E-state index contributed by atoms with van der Waals surface area (Å²) in [6.45, 7) is 21.3. The van der Waals surface area contributed by atoms with Crippen molar-refractivity contribution in [1.29, 1.82) is 0 Å². The summed E-state index contributed by atoms with van der Waals surface area (Å²) in [6, 6.07) is 0. The molecular formula is C37H75N. The Morgan fingerprint density at radius 3 is 1.47 bits per heavy atom. The molecule has 0 rings (SSSR count). The van der Waals surface area contributed by atoms with E-state index in [1.807, 2.05) is 7.05 Å². The molecule has 0 aromatic heterocycles. The molecule has 2 unspecified atom stereocenters. The van der Waals surface area contributed by atoms with Crippen molar-refractivity contribution in [2.45, 2.75) is 189 Å². The van der Waals surface area contributed by atoms with Crippen molar-refractivity contribution in [1.82, 2.24) is 5.32 Å². The number of unbranched alkanes of at least 4 members (excludes halogenated alkanes) is 15. The third-order valence-corrected chi connectivity index (χ3v) is 8.27. The number of nitrogens with one attached hydrogen (secondary N) is 1. The molecule has 0 saturated carbocycles. The molecule has 0 radical (unpaired) electrons. The summed E-state index contributed by atoms with van der Waals surface area (Å²) in [7, 11) is 2.05. The average Bonchev–Trinajstić information content (AvgIpc) is 2.91. The minimum atomic E-state index is 0.723. The molecule has 2 atom stereocenters. The highest BCUT2D eigenvalue weighted by Crippen LogP contribution is 2.27. The second-order valence-electron chi connectivity index (χ2n) is 12.3. The molecule has 38 heavy (non-hydrogen) atoms. The molecule has 0 aromatic rings. The van der Waals surface area contributed by atoms with Crippen molar-refractivity contribution in [3.63, 3.8) is 0 Å². The van der Waals surface area contributed by atoms with Gasteiger partial charge in [0.05, 0.1) is 0 Å². The van der Waals surface area contributed by atoms with Gasteiger partial charge in [0.25, 0.3) is 0 Å². The summed E-state index contributed by atoms with van der Waals surface area (Å²) in [4.78, 5) is 0. The van der Waals surface area contributed by atoms with Gasteiger partial charge in [-0.05, 0) is 70.4 Å². The van der Waals surface area contributed by atoms with Gasteiger partial charge in [-0.15, -0.1) is 0 Å². The number of rotatable bonds is 28. The molecule has 0 aliphatic carbocycles. The summed E-state index contributed by atoms with van der Waals surface area (Å²) < 4.78 is 0. The summed E-state index contributed by atoms with van der Waals surface area (Å²) in [5, 5.41) is 3.27. The third-order valence-electron chi connectivity index (χ3n) is 8.27. The molecule has 1 nitrogen and oxygen atoms in total. The standard InChI is InChI=1S/C26H51N.C11H24/c1-7-9-10-11-12-16-19-26(25(5)8-2)21-20-23(3)17-14-13-15-18-24(4)22-27-6;1-3-5-7-9-11-10-8-6-4-2/h24,26-27H,3,5,7-22H2,1-2,4,6H3;3-11H2,1-2H3. The fourth-order valence-electron chi connectivity index (χ4n) is 5.39. The highest BCUT2D eigenvalue weighted by molar-refractivity contribution is 5.02. The lowest BCUT2D eigenvalue weighted by atomic mass is 9.86. The molecule has 0 bridgehead atoms. The van der Waals surface area contributed by atoms with E-state index >= 15 is 0 Å². The first-order chi connectivity index (χ1) is 18.5. The van der Waals surface area contributed by atoms with Crippen LogP contribution in [0.25, 0.3) is 0 Å². The highest BCUT2D eigenvalue weighted by Gasteiger charge is 2.12. The Kier molecular flexibility index (Phi) is 34.0. The molecule has 0 amide bonds. The first-order valence-electron chi connectivity index (χ1n) is 17.4. The van der Waals surface area contributed by atoms with Crippen LogP contribution in [0, 0.1) is 11.8 Å². The smallest absolute Gasteiger partial charge is 0.00262 e. The van der Waals surface area contributed by atoms with Crippen molar-refractivity contribution in [2.24, 2.45) is 11.8 Å². The molecule has 1 heteroatoms. The van der Waals surface area contributed by atoms with Crippen LogP contribution in [0.3, 0.4) is 0 Å². The van der Waals surface area contributed by atoms with Crippen LogP contribution < -0.4 is 5.32 Å². The van der Waals surface area contributed by atoms with Crippen molar-refractivity contribution in [2.75, 3.05) is 13.6 Å². The van der Waals surface area contributed by atoms with E-state index in [-0.39, 0.29) is 0 Å². The Balaban J connectivity index is 0. The predicted molar refractivity (Wildman–Crippen MR) is 178 cm³/mol. The van der Waals surface area contributed by atoms with Gasteiger partial charge in [0, 0.05) is 0 Å². The Hall–Kier alpha value is -0.560. The zero-order valence-corrected chi connectivity index (χ0v) is 27.7. The Bertz CT molecular complexity index is 471. The van der Waals surface area contributed by atoms with Crippen molar-refractivity contribution >= 4 is 0 Å². The summed E-state index contributed by atoms with van der Waals surface area (Å²) in [5.74, 6) is 1.53. The largest absolute Gasteiger partial charge is 0.319 e. The zero-order chi connectivity index (χ0) is 28.7. The van der Waals surface area contributed by atoms with E-state index in [4.69, 9.17) is 0 Å². The topological polar surface area (TPSA) is 12.0 Å². The lowest BCUT2D eigenvalue weighted by Crippen LogP contribution is -2.15. The van der Waals surface area contributed by atoms with E-state index in [9.17, 15) is 0 Å². The van der Waals surface area contributed by atoms with Crippen molar-refractivity contribution in [3.05, 3.63) is 24.3 Å². The Morgan fingerprint density at radius 1 is 0.553 bits per heavy atom. The van der Waals surface area contributed by atoms with Gasteiger partial charge in [0.15, 0.2) is 0 Å². The van der Waals surface area contributed by atoms with E-state index < -0.39 is 0 Å². The highest BCUT2D eigenvalue weighted by atomic mass is 14.8. The van der Waals surface area contributed by atoms with E-state index in [1.165, 1.54) is 159 Å². The average molecular weight is 534 g/mol. The molecule has 228 valence electrons. The fraction of sp³-hybridized carbons (Fsp3) is 0.892. The van der Waals surface area contributed by atoms with E-state index in [0.717, 1.165) is 24.8 Å². The molecule has 0 heterocycles. The van der Waals surface area contributed by atoms with Crippen LogP contribution in [0.5, 0.6) is 0 Å². The van der Waals surface area contributed by atoms with Crippen LogP contribution in [0.2, 0.25) is 0 Å². The number of hydrogen-bond donors (Lipinski definition) is 1. The molecule has 0 aliphatic rings. The maximum absolute atomic E-state index is 4.36. The van der Waals surface area contributed by atoms with Gasteiger partial charge in [-0.3, -0.25) is 0 Å². The van der Waals surface area contributed by atoms with E-state index in [1.54, 1.807) is 0 Å². The summed E-state index contributed by atoms with van der Waals surface area (Å²) in [6.07, 6.45) is 32.9. The molecule has 0 saturated heterocycles. The van der Waals surface area contributed by atoms with Gasteiger partial charge in [-0.1, -0.05) is 168 Å². The third kappa shape index (κ3) is 30.0. The quantitative estimate of drug-likeness (QED) is 0.0778. The second-order valence-corrected chi connectivity index (χ2v) is 12.3. The lowest BCUT2D eigenvalue weighted by molar-refractivity contribution is 0.460. The molecular weight excluding hydrogens is 458 g/mol. The second kappa shape index (κ2) is 32.7. The van der Waals surface area contributed by atoms with Crippen LogP contribution in [0.1, 0.15) is 189 Å². The lowest BCUT2D eigenvalue weighted by Gasteiger charge is -2.19. The Morgan fingerprint density at radius 2 is 1.00 bits per heavy atom. The van der Waals surface area contributed by atoms with Crippen molar-refractivity contribution < 1.29 is 0 Å². The minimum Gasteiger partial charge on any atom is -0.319 e. The monoisotopic (exact) mass is 534 g/mol. The van der Waals surface area contributed by atoms with Crippen molar-refractivity contribution in [3.8, 4) is 0 Å². The van der Waals surface area contributed by atoms with Gasteiger partial charge in [0.1, 0.15) is 0 Å². The SMILES string of the molecule is C=C(CCCCCC(C)CNC)CCC(CCCCCCCC)C(=C)CC.CCCCCCCCCCC.